The molecule has 1 aromatic heterocycles. The second-order valence-electron chi connectivity index (χ2n) is 5.70. The fourth-order valence-electron chi connectivity index (χ4n) is 1.72. The van der Waals surface area contributed by atoms with Crippen LogP contribution in [0.4, 0.5) is 4.79 Å². The molecule has 0 radical (unpaired) electrons. The molecule has 0 aliphatic carbocycles. The van der Waals surface area contributed by atoms with Crippen LogP contribution in [0.25, 0.3) is 11.4 Å². The summed E-state index contributed by atoms with van der Waals surface area (Å²) in [6.07, 6.45) is -0.661. The third-order valence-electron chi connectivity index (χ3n) is 2.65. The van der Waals surface area contributed by atoms with Crippen molar-refractivity contribution in [2.45, 2.75) is 32.4 Å². The fourth-order valence-corrected chi connectivity index (χ4v) is 1.72. The Labute approximate surface area is 128 Å². The molecule has 0 spiro atoms. The first-order valence-electron chi connectivity index (χ1n) is 6.88. The number of rotatable bonds is 4. The first kappa shape index (κ1) is 16.0. The van der Waals surface area contributed by atoms with E-state index in [0.29, 0.717) is 5.82 Å². The van der Waals surface area contributed by atoms with Crippen molar-refractivity contribution >= 4 is 6.09 Å². The number of alkyl carbamates (subject to hydrolysis) is 1. The van der Waals surface area contributed by atoms with E-state index < -0.39 is 17.7 Å². The molecule has 7 nitrogen and oxygen atoms in total. The number of carbonyl (C=O) groups excluding carboxylic acids is 1. The van der Waals surface area contributed by atoms with Gasteiger partial charge in [-0.15, -0.1) is 0 Å². The van der Waals surface area contributed by atoms with Crippen molar-refractivity contribution < 1.29 is 19.2 Å². The van der Waals surface area contributed by atoms with Crippen molar-refractivity contribution in [1.82, 2.24) is 15.5 Å². The average molecular weight is 305 g/mol. The van der Waals surface area contributed by atoms with Gasteiger partial charge in [0.15, 0.2) is 0 Å². The summed E-state index contributed by atoms with van der Waals surface area (Å²) >= 11 is 0. The number of hydrogen-bond acceptors (Lipinski definition) is 6. The molecule has 118 valence electrons. The van der Waals surface area contributed by atoms with Gasteiger partial charge in [-0.3, -0.25) is 0 Å². The average Bonchev–Trinajstić information content (AvgIpc) is 2.93. The smallest absolute Gasteiger partial charge is 0.408 e. The van der Waals surface area contributed by atoms with E-state index >= 15 is 0 Å². The molecule has 2 aromatic rings. The molecule has 22 heavy (non-hydrogen) atoms. The van der Waals surface area contributed by atoms with E-state index in [2.05, 4.69) is 15.5 Å². The van der Waals surface area contributed by atoms with Crippen LogP contribution >= 0.6 is 0 Å². The number of ether oxygens (including phenoxy) is 1. The van der Waals surface area contributed by atoms with Gasteiger partial charge < -0.3 is 19.7 Å². The van der Waals surface area contributed by atoms with Crippen LogP contribution in [0.2, 0.25) is 0 Å². The number of benzene rings is 1. The Morgan fingerprint density at radius 2 is 2.05 bits per heavy atom. The number of nitrogens with one attached hydrogen (secondary N) is 1. The van der Waals surface area contributed by atoms with Crippen molar-refractivity contribution in [2.75, 3.05) is 6.61 Å². The minimum Gasteiger partial charge on any atom is -0.444 e. The first-order chi connectivity index (χ1) is 10.4. The van der Waals surface area contributed by atoms with E-state index in [1.54, 1.807) is 20.8 Å². The van der Waals surface area contributed by atoms with E-state index in [-0.39, 0.29) is 12.5 Å². The lowest BCUT2D eigenvalue weighted by Gasteiger charge is -2.21. The normalized spacial score (nSPS) is 12.7. The highest BCUT2D eigenvalue weighted by Crippen LogP contribution is 2.18. The third-order valence-corrected chi connectivity index (χ3v) is 2.65. The largest absolute Gasteiger partial charge is 0.444 e. The molecular weight excluding hydrogens is 286 g/mol. The maximum Gasteiger partial charge on any atom is 0.408 e. The molecule has 0 saturated heterocycles. The van der Waals surface area contributed by atoms with Gasteiger partial charge >= 0.3 is 6.09 Å². The predicted octanol–water partition coefficient (Wildman–Crippen LogP) is 2.29. The number of amides is 1. The molecule has 2 rings (SSSR count). The monoisotopic (exact) mass is 305 g/mol. The Bertz CT molecular complexity index is 619. The molecular formula is C15H19N3O4. The quantitative estimate of drug-likeness (QED) is 0.899. The summed E-state index contributed by atoms with van der Waals surface area (Å²) in [5.41, 5.74) is 0.153. The molecule has 1 heterocycles. The highest BCUT2D eigenvalue weighted by molar-refractivity contribution is 5.68. The van der Waals surface area contributed by atoms with Gasteiger partial charge in [0.25, 0.3) is 5.89 Å². The summed E-state index contributed by atoms with van der Waals surface area (Å²) in [7, 11) is 0. The predicted molar refractivity (Wildman–Crippen MR) is 78.9 cm³/mol. The zero-order valence-corrected chi connectivity index (χ0v) is 12.7. The molecule has 0 aliphatic rings. The van der Waals surface area contributed by atoms with Gasteiger partial charge in [0.05, 0.1) is 6.61 Å². The number of aliphatic hydroxyl groups is 1. The van der Waals surface area contributed by atoms with Crippen molar-refractivity contribution in [2.24, 2.45) is 0 Å². The fraction of sp³-hybridized carbons (Fsp3) is 0.400. The van der Waals surface area contributed by atoms with Gasteiger partial charge in [0, 0.05) is 5.56 Å². The van der Waals surface area contributed by atoms with Crippen LogP contribution in [0.5, 0.6) is 0 Å². The van der Waals surface area contributed by atoms with Crippen molar-refractivity contribution in [3.8, 4) is 11.4 Å². The Morgan fingerprint density at radius 1 is 1.36 bits per heavy atom. The Balaban J connectivity index is 2.09. The standard InChI is InChI=1S/C15H19N3O4/c1-15(2,3)21-14(20)16-11(9-19)13-17-12(18-22-13)10-7-5-4-6-8-10/h4-8,11,19H,9H2,1-3H3,(H,16,20). The van der Waals surface area contributed by atoms with Gasteiger partial charge in [0.1, 0.15) is 11.6 Å². The highest BCUT2D eigenvalue weighted by Gasteiger charge is 2.24. The first-order valence-corrected chi connectivity index (χ1v) is 6.88. The number of aliphatic hydroxyl groups excluding tert-OH is 1. The van der Waals surface area contributed by atoms with Crippen LogP contribution < -0.4 is 5.32 Å². The second-order valence-corrected chi connectivity index (χ2v) is 5.70. The maximum atomic E-state index is 11.7. The number of nitrogens with zero attached hydrogens (tertiary/aromatic N) is 2. The zero-order valence-electron chi connectivity index (χ0n) is 12.7. The summed E-state index contributed by atoms with van der Waals surface area (Å²) < 4.78 is 10.2. The molecule has 1 unspecified atom stereocenters. The highest BCUT2D eigenvalue weighted by atomic mass is 16.6. The lowest BCUT2D eigenvalue weighted by Crippen LogP contribution is -2.36. The van der Waals surface area contributed by atoms with E-state index in [1.807, 2.05) is 30.3 Å². The van der Waals surface area contributed by atoms with E-state index in [4.69, 9.17) is 9.26 Å². The minimum atomic E-state index is -0.820. The van der Waals surface area contributed by atoms with Crippen molar-refractivity contribution in [1.29, 1.82) is 0 Å². The molecule has 1 amide bonds. The molecule has 0 saturated carbocycles. The molecule has 7 heteroatoms. The molecule has 0 aliphatic heterocycles. The second kappa shape index (κ2) is 6.57. The Kier molecular flexibility index (Phi) is 4.77. The van der Waals surface area contributed by atoms with E-state index in [0.717, 1.165) is 5.56 Å². The minimum absolute atomic E-state index is 0.118. The van der Waals surface area contributed by atoms with Gasteiger partial charge in [0.2, 0.25) is 5.82 Å². The number of hydrogen-bond donors (Lipinski definition) is 2. The lowest BCUT2D eigenvalue weighted by molar-refractivity contribution is 0.0467. The molecule has 2 N–H and O–H groups in total. The van der Waals surface area contributed by atoms with E-state index in [9.17, 15) is 9.90 Å². The molecule has 0 fully saturated rings. The van der Waals surface area contributed by atoms with Crippen LogP contribution in [0, 0.1) is 0 Å². The zero-order chi connectivity index (χ0) is 16.2. The van der Waals surface area contributed by atoms with Gasteiger partial charge in [-0.1, -0.05) is 35.5 Å². The maximum absolute atomic E-state index is 11.7. The summed E-state index contributed by atoms with van der Waals surface area (Å²) in [6.45, 7) is 4.87. The molecule has 1 aromatic carbocycles. The van der Waals surface area contributed by atoms with Crippen LogP contribution in [0.3, 0.4) is 0 Å². The topological polar surface area (TPSA) is 97.5 Å². The van der Waals surface area contributed by atoms with Crippen LogP contribution in [-0.2, 0) is 4.74 Å². The molecule has 1 atom stereocenters. The van der Waals surface area contributed by atoms with Crippen molar-refractivity contribution in [3.05, 3.63) is 36.2 Å². The summed E-state index contributed by atoms with van der Waals surface area (Å²) in [4.78, 5) is 15.9. The summed E-state index contributed by atoms with van der Waals surface area (Å²) in [5.74, 6) is 0.507. The summed E-state index contributed by atoms with van der Waals surface area (Å²) in [5, 5.41) is 15.8. The Hall–Kier alpha value is -2.41. The van der Waals surface area contributed by atoms with Crippen molar-refractivity contribution in [3.63, 3.8) is 0 Å². The summed E-state index contributed by atoms with van der Waals surface area (Å²) in [6, 6.07) is 8.44. The van der Waals surface area contributed by atoms with Crippen LogP contribution in [0.15, 0.2) is 34.9 Å². The van der Waals surface area contributed by atoms with Crippen LogP contribution in [0.1, 0.15) is 32.7 Å². The van der Waals surface area contributed by atoms with Gasteiger partial charge in [-0.25, -0.2) is 4.79 Å². The van der Waals surface area contributed by atoms with Crippen LogP contribution in [-0.4, -0.2) is 33.5 Å². The Morgan fingerprint density at radius 3 is 2.64 bits per heavy atom. The lowest BCUT2D eigenvalue weighted by atomic mass is 10.2. The number of aromatic nitrogens is 2. The third kappa shape index (κ3) is 4.29. The van der Waals surface area contributed by atoms with Gasteiger partial charge in [-0.2, -0.15) is 4.98 Å². The number of carbonyl (C=O) groups is 1. The van der Waals surface area contributed by atoms with E-state index in [1.165, 1.54) is 0 Å². The van der Waals surface area contributed by atoms with Gasteiger partial charge in [-0.05, 0) is 20.8 Å². The molecule has 0 bridgehead atoms. The SMILES string of the molecule is CC(C)(C)OC(=O)NC(CO)c1nc(-c2ccccc2)no1.